The fourth-order valence-electron chi connectivity index (χ4n) is 3.31. The van der Waals surface area contributed by atoms with Crippen LogP contribution in [0.5, 0.6) is 0 Å². The maximum atomic E-state index is 12.6. The van der Waals surface area contributed by atoms with Crippen molar-refractivity contribution < 1.29 is 9.59 Å². The average Bonchev–Trinajstić information content (AvgIpc) is 3.14. The lowest BCUT2D eigenvalue weighted by molar-refractivity contribution is -0.117. The van der Waals surface area contributed by atoms with Gasteiger partial charge in [0.05, 0.1) is 23.8 Å². The van der Waals surface area contributed by atoms with E-state index in [9.17, 15) is 9.59 Å². The van der Waals surface area contributed by atoms with Crippen LogP contribution in [-0.4, -0.2) is 35.1 Å². The quantitative estimate of drug-likeness (QED) is 0.771. The first-order valence-corrected chi connectivity index (χ1v) is 8.32. The van der Waals surface area contributed by atoms with E-state index in [-0.39, 0.29) is 18.4 Å². The van der Waals surface area contributed by atoms with Gasteiger partial charge in [-0.15, -0.1) is 0 Å². The standard InChI is InChI=1S/C19H18N4O2/c24-18(23-10-4-6-13-5-1-2-9-17(13)23)12-20-19(25)14-7-3-8-16-15(14)11-21-22-16/h1-3,5,7-9,11H,4,6,10,12H2,(H,20,25)(H,21,22). The van der Waals surface area contributed by atoms with Gasteiger partial charge in [0, 0.05) is 17.6 Å². The predicted octanol–water partition coefficient (Wildman–Crippen LogP) is 2.27. The van der Waals surface area contributed by atoms with Crippen LogP contribution in [0.15, 0.2) is 48.7 Å². The second kappa shape index (κ2) is 6.39. The molecule has 6 heteroatoms. The number of anilines is 1. The number of nitrogens with one attached hydrogen (secondary N) is 2. The van der Waals surface area contributed by atoms with Crippen LogP contribution in [0.4, 0.5) is 5.69 Å². The molecule has 0 bridgehead atoms. The molecule has 1 aliphatic heterocycles. The van der Waals surface area contributed by atoms with E-state index in [1.807, 2.05) is 30.3 Å². The van der Waals surface area contributed by atoms with Gasteiger partial charge in [-0.25, -0.2) is 0 Å². The molecule has 6 nitrogen and oxygen atoms in total. The van der Waals surface area contributed by atoms with Crippen molar-refractivity contribution in [1.29, 1.82) is 0 Å². The van der Waals surface area contributed by atoms with Crippen LogP contribution in [0, 0.1) is 0 Å². The smallest absolute Gasteiger partial charge is 0.252 e. The van der Waals surface area contributed by atoms with E-state index in [0.717, 1.165) is 29.4 Å². The summed E-state index contributed by atoms with van der Waals surface area (Å²) in [5, 5.41) is 10.3. The third-order valence-corrected chi connectivity index (χ3v) is 4.54. The van der Waals surface area contributed by atoms with Crippen molar-refractivity contribution in [1.82, 2.24) is 15.5 Å². The first-order chi connectivity index (χ1) is 12.2. The normalized spacial score (nSPS) is 13.5. The summed E-state index contributed by atoms with van der Waals surface area (Å²) in [4.78, 5) is 26.8. The molecular formula is C19H18N4O2. The Morgan fingerprint density at radius 3 is 2.96 bits per heavy atom. The molecule has 2 N–H and O–H groups in total. The molecule has 0 aliphatic carbocycles. The van der Waals surface area contributed by atoms with E-state index >= 15 is 0 Å². The van der Waals surface area contributed by atoms with Crippen LogP contribution < -0.4 is 10.2 Å². The molecule has 0 saturated carbocycles. The molecule has 2 heterocycles. The number of H-pyrrole nitrogens is 1. The van der Waals surface area contributed by atoms with Crippen molar-refractivity contribution >= 4 is 28.4 Å². The number of benzene rings is 2. The summed E-state index contributed by atoms with van der Waals surface area (Å²) in [6, 6.07) is 13.3. The molecule has 3 aromatic rings. The average molecular weight is 334 g/mol. The van der Waals surface area contributed by atoms with E-state index < -0.39 is 0 Å². The third-order valence-electron chi connectivity index (χ3n) is 4.54. The highest BCUT2D eigenvalue weighted by Gasteiger charge is 2.22. The Bertz CT molecular complexity index is 947. The van der Waals surface area contributed by atoms with Crippen molar-refractivity contribution in [2.45, 2.75) is 12.8 Å². The van der Waals surface area contributed by atoms with Gasteiger partial charge in [0.2, 0.25) is 5.91 Å². The maximum Gasteiger partial charge on any atom is 0.252 e. The molecule has 126 valence electrons. The van der Waals surface area contributed by atoms with Crippen molar-refractivity contribution in [2.24, 2.45) is 0 Å². The fraction of sp³-hybridized carbons (Fsp3) is 0.211. The van der Waals surface area contributed by atoms with Crippen molar-refractivity contribution in [2.75, 3.05) is 18.0 Å². The summed E-state index contributed by atoms with van der Waals surface area (Å²) in [5.74, 6) is -0.370. The minimum atomic E-state index is -0.273. The molecule has 0 atom stereocenters. The Morgan fingerprint density at radius 1 is 1.16 bits per heavy atom. The molecule has 0 saturated heterocycles. The first kappa shape index (κ1) is 15.4. The lowest BCUT2D eigenvalue weighted by Gasteiger charge is -2.29. The fourth-order valence-corrected chi connectivity index (χ4v) is 3.31. The number of carbonyl (C=O) groups is 2. The third kappa shape index (κ3) is 2.87. The van der Waals surface area contributed by atoms with Gasteiger partial charge in [-0.2, -0.15) is 5.10 Å². The summed E-state index contributed by atoms with van der Waals surface area (Å²) in [6.45, 7) is 0.657. The largest absolute Gasteiger partial charge is 0.343 e. The van der Waals surface area contributed by atoms with Crippen LogP contribution in [0.3, 0.4) is 0 Å². The molecule has 25 heavy (non-hydrogen) atoms. The lowest BCUT2D eigenvalue weighted by Crippen LogP contribution is -2.42. The molecule has 4 rings (SSSR count). The molecule has 2 amide bonds. The van der Waals surface area contributed by atoms with E-state index in [2.05, 4.69) is 15.5 Å². The van der Waals surface area contributed by atoms with E-state index in [0.29, 0.717) is 12.1 Å². The molecule has 0 fully saturated rings. The Kier molecular flexibility index (Phi) is 3.93. The van der Waals surface area contributed by atoms with Crippen molar-refractivity contribution in [3.63, 3.8) is 0 Å². The zero-order valence-corrected chi connectivity index (χ0v) is 13.7. The minimum Gasteiger partial charge on any atom is -0.343 e. The van der Waals surface area contributed by atoms with Gasteiger partial charge in [-0.05, 0) is 36.6 Å². The molecule has 0 radical (unpaired) electrons. The van der Waals surface area contributed by atoms with Crippen molar-refractivity contribution in [3.05, 3.63) is 59.8 Å². The number of nitrogens with zero attached hydrogens (tertiary/aromatic N) is 2. The monoisotopic (exact) mass is 334 g/mol. The zero-order valence-electron chi connectivity index (χ0n) is 13.7. The number of hydrogen-bond donors (Lipinski definition) is 2. The topological polar surface area (TPSA) is 78.1 Å². The van der Waals surface area contributed by atoms with Crippen LogP contribution in [0.1, 0.15) is 22.3 Å². The first-order valence-electron chi connectivity index (χ1n) is 8.32. The summed E-state index contributed by atoms with van der Waals surface area (Å²) in [7, 11) is 0. The lowest BCUT2D eigenvalue weighted by atomic mass is 10.0. The highest BCUT2D eigenvalue weighted by molar-refractivity contribution is 6.07. The number of aromatic amines is 1. The molecule has 1 aromatic heterocycles. The van der Waals surface area contributed by atoms with Gasteiger partial charge < -0.3 is 10.2 Å². The Morgan fingerprint density at radius 2 is 2.04 bits per heavy atom. The zero-order chi connectivity index (χ0) is 17.2. The van der Waals surface area contributed by atoms with Gasteiger partial charge in [0.25, 0.3) is 5.91 Å². The molecular weight excluding hydrogens is 316 g/mol. The second-order valence-corrected chi connectivity index (χ2v) is 6.10. The summed E-state index contributed by atoms with van der Waals surface area (Å²) >= 11 is 0. The molecule has 2 aromatic carbocycles. The minimum absolute atomic E-state index is 0.0264. The van der Waals surface area contributed by atoms with E-state index in [1.165, 1.54) is 5.56 Å². The molecule has 1 aliphatic rings. The predicted molar refractivity (Wildman–Crippen MR) is 95.5 cm³/mol. The summed E-state index contributed by atoms with van der Waals surface area (Å²) in [6.07, 6.45) is 3.53. The Labute approximate surface area is 144 Å². The van der Waals surface area contributed by atoms with Gasteiger partial charge >= 0.3 is 0 Å². The highest BCUT2D eigenvalue weighted by atomic mass is 16.2. The highest BCUT2D eigenvalue weighted by Crippen LogP contribution is 2.26. The number of aromatic nitrogens is 2. The second-order valence-electron chi connectivity index (χ2n) is 6.10. The molecule has 0 spiro atoms. The van der Waals surface area contributed by atoms with Crippen LogP contribution in [0.2, 0.25) is 0 Å². The number of para-hydroxylation sites is 1. The summed E-state index contributed by atoms with van der Waals surface area (Å²) < 4.78 is 0. The van der Waals surface area contributed by atoms with E-state index in [4.69, 9.17) is 0 Å². The van der Waals surface area contributed by atoms with Crippen LogP contribution >= 0.6 is 0 Å². The van der Waals surface area contributed by atoms with Crippen LogP contribution in [-0.2, 0) is 11.2 Å². The van der Waals surface area contributed by atoms with Gasteiger partial charge in [0.15, 0.2) is 0 Å². The Hall–Kier alpha value is -3.15. The molecule has 0 unspecified atom stereocenters. The van der Waals surface area contributed by atoms with Crippen molar-refractivity contribution in [3.8, 4) is 0 Å². The number of carbonyl (C=O) groups excluding carboxylic acids is 2. The van der Waals surface area contributed by atoms with Gasteiger partial charge in [-0.1, -0.05) is 24.3 Å². The maximum absolute atomic E-state index is 12.6. The summed E-state index contributed by atoms with van der Waals surface area (Å²) in [5.41, 5.74) is 3.43. The number of fused-ring (bicyclic) bond motifs is 2. The number of aryl methyl sites for hydroxylation is 1. The number of rotatable bonds is 3. The van der Waals surface area contributed by atoms with E-state index in [1.54, 1.807) is 23.2 Å². The van der Waals surface area contributed by atoms with Crippen LogP contribution in [0.25, 0.3) is 10.9 Å². The van der Waals surface area contributed by atoms with Gasteiger partial charge in [-0.3, -0.25) is 14.7 Å². The van der Waals surface area contributed by atoms with Gasteiger partial charge in [0.1, 0.15) is 0 Å². The number of hydrogen-bond acceptors (Lipinski definition) is 3. The SMILES string of the molecule is O=C(NCC(=O)N1CCCc2ccccc21)c1cccc2[nH]ncc12. The Balaban J connectivity index is 1.48. The number of amides is 2.